The average Bonchev–Trinajstić information content (AvgIpc) is 1.32. The minimum Gasteiger partial charge on any atom is -0.468 e. The van der Waals surface area contributed by atoms with Gasteiger partial charge in [0.05, 0.1) is 27.4 Å². The van der Waals surface area contributed by atoms with Gasteiger partial charge in [-0.3, -0.25) is 0 Å². The molecule has 468 valence electrons. The standard InChI is InChI=1S/C88H86BN3OS/c1-83(2,3)55-34-36-57(37-35-55)90(71-32-22-19-28-60(71)54-26-16-14-17-27-54)59-39-42-70-73(51-59)91(58-38-40-62-61-29-18-21-31-65(61)88(67(62)50-58)44-24-15-25-45-88)74-48-56(84(4,5)6)49-75-79(74)89(70)82-80(64-52-68-69(53-76(64)93-82)87(12,13)47-46-86(68,10)11)92(75)72-43-41-66(85(7,8)9)78-63-30-20-23-33-77(63)94-81(72)78/h14,16-23,26-43,48-53H,15,24-25,44-47H2,1-13H3. The van der Waals surface area contributed by atoms with Crippen molar-refractivity contribution in [2.24, 2.45) is 0 Å². The molecule has 4 heterocycles. The highest BCUT2D eigenvalue weighted by Crippen LogP contribution is 2.59. The molecule has 0 amide bonds. The molecule has 94 heavy (non-hydrogen) atoms. The number of hydrogen-bond donors (Lipinski definition) is 0. The van der Waals surface area contributed by atoms with Gasteiger partial charge in [0.15, 0.2) is 0 Å². The third-order valence-corrected chi connectivity index (χ3v) is 23.9. The van der Waals surface area contributed by atoms with Gasteiger partial charge in [-0.25, -0.2) is 0 Å². The average molecular weight is 1240 g/mol. The van der Waals surface area contributed by atoms with Gasteiger partial charge in [-0.2, -0.15) is 0 Å². The van der Waals surface area contributed by atoms with E-state index in [0.29, 0.717) is 0 Å². The van der Waals surface area contributed by atoms with E-state index in [4.69, 9.17) is 4.42 Å². The first-order valence-corrected chi connectivity index (χ1v) is 35.6. The van der Waals surface area contributed by atoms with Gasteiger partial charge >= 0.3 is 0 Å². The van der Waals surface area contributed by atoms with E-state index in [0.717, 1.165) is 65.4 Å². The number of benzene rings is 10. The van der Waals surface area contributed by atoms with Crippen molar-refractivity contribution in [2.75, 3.05) is 14.7 Å². The van der Waals surface area contributed by atoms with Crippen molar-refractivity contribution in [1.82, 2.24) is 0 Å². The van der Waals surface area contributed by atoms with Crippen molar-refractivity contribution in [3.63, 3.8) is 0 Å². The summed E-state index contributed by atoms with van der Waals surface area (Å²) in [6.45, 7) is 30.9. The maximum atomic E-state index is 7.99. The Morgan fingerprint density at radius 1 is 0.468 bits per heavy atom. The zero-order valence-corrected chi connectivity index (χ0v) is 58.1. The Balaban J connectivity index is 1.00. The lowest BCUT2D eigenvalue weighted by atomic mass is 9.35. The van der Waals surface area contributed by atoms with E-state index in [1.54, 1.807) is 0 Å². The third-order valence-electron chi connectivity index (χ3n) is 22.7. The summed E-state index contributed by atoms with van der Waals surface area (Å²) in [4.78, 5) is 7.94. The van der Waals surface area contributed by atoms with Crippen molar-refractivity contribution in [1.29, 1.82) is 0 Å². The first kappa shape index (κ1) is 59.2. The molecule has 12 aromatic rings. The second-order valence-electron chi connectivity index (χ2n) is 32.6. The van der Waals surface area contributed by atoms with Crippen LogP contribution in [0.15, 0.2) is 205 Å². The van der Waals surface area contributed by atoms with Crippen LogP contribution < -0.4 is 31.3 Å². The second-order valence-corrected chi connectivity index (χ2v) is 33.7. The van der Waals surface area contributed by atoms with Gasteiger partial charge < -0.3 is 19.1 Å². The zero-order chi connectivity index (χ0) is 64.8. The molecular formula is C88H86BN3OS. The minimum atomic E-state index is -0.262. The Morgan fingerprint density at radius 2 is 1.11 bits per heavy atom. The Labute approximate surface area is 561 Å². The fourth-order valence-electron chi connectivity index (χ4n) is 17.6. The Kier molecular flexibility index (Phi) is 13.0. The van der Waals surface area contributed by atoms with E-state index in [1.165, 1.54) is 140 Å². The van der Waals surface area contributed by atoms with Crippen molar-refractivity contribution < 1.29 is 4.42 Å². The minimum absolute atomic E-state index is 0.0141. The SMILES string of the molecule is CC(C)(C)c1ccc(N(c2ccc3c(c2)N(c2ccc4c(c2)C2(CCCCC2)c2ccccc2-4)c2cc(C(C)(C)C)cc4c2B3c2oc3cc5c(cc3c2N4c2ccc(C(C)(C)C)c3c2sc2ccccc23)C(C)(C)CCC5(C)C)c2ccccc2-c2ccccc2)cc1. The number of furan rings is 1. The van der Waals surface area contributed by atoms with Gasteiger partial charge in [0.1, 0.15) is 5.58 Å². The highest BCUT2D eigenvalue weighted by molar-refractivity contribution is 7.26. The largest absolute Gasteiger partial charge is 0.468 e. The van der Waals surface area contributed by atoms with Crippen LogP contribution in [0.3, 0.4) is 0 Å². The van der Waals surface area contributed by atoms with Gasteiger partial charge in [0.2, 0.25) is 0 Å². The van der Waals surface area contributed by atoms with Crippen LogP contribution in [0.5, 0.6) is 0 Å². The Hall–Kier alpha value is -8.58. The van der Waals surface area contributed by atoms with E-state index >= 15 is 0 Å². The number of thiophene rings is 1. The van der Waals surface area contributed by atoms with Crippen molar-refractivity contribution >= 4 is 117 Å². The number of para-hydroxylation sites is 1. The number of hydrogen-bond acceptors (Lipinski definition) is 5. The monoisotopic (exact) mass is 1240 g/mol. The summed E-state index contributed by atoms with van der Waals surface area (Å²) in [7, 11) is 0. The quantitative estimate of drug-likeness (QED) is 0.155. The molecule has 0 N–H and O–H groups in total. The molecule has 0 radical (unpaired) electrons. The van der Waals surface area contributed by atoms with Crippen LogP contribution in [0.2, 0.25) is 0 Å². The Morgan fingerprint density at radius 3 is 1.83 bits per heavy atom. The van der Waals surface area contributed by atoms with Gasteiger partial charge in [0, 0.05) is 66.0 Å². The van der Waals surface area contributed by atoms with Crippen molar-refractivity contribution in [3.05, 3.63) is 239 Å². The van der Waals surface area contributed by atoms with Gasteiger partial charge in [-0.05, 0) is 198 Å². The molecule has 0 bridgehead atoms. The topological polar surface area (TPSA) is 22.9 Å². The van der Waals surface area contributed by atoms with Crippen LogP contribution in [0.1, 0.15) is 174 Å². The van der Waals surface area contributed by atoms with E-state index in [2.05, 4.69) is 305 Å². The first-order valence-electron chi connectivity index (χ1n) is 34.8. The molecule has 10 aromatic carbocycles. The summed E-state index contributed by atoms with van der Waals surface area (Å²) < 4.78 is 10.6. The molecule has 2 aliphatic heterocycles. The maximum absolute atomic E-state index is 7.99. The Bertz CT molecular complexity index is 5090. The zero-order valence-electron chi connectivity index (χ0n) is 57.2. The van der Waals surface area contributed by atoms with Crippen molar-refractivity contribution in [3.8, 4) is 22.3 Å². The molecule has 4 nitrogen and oxygen atoms in total. The number of nitrogens with zero attached hydrogens (tertiary/aromatic N) is 3. The molecule has 3 aliphatic carbocycles. The summed E-state index contributed by atoms with van der Waals surface area (Å²) in [6.07, 6.45) is 8.29. The lowest BCUT2D eigenvalue weighted by molar-refractivity contribution is 0.332. The van der Waals surface area contributed by atoms with Gasteiger partial charge in [0.25, 0.3) is 6.71 Å². The van der Waals surface area contributed by atoms with Crippen LogP contribution in [0.25, 0.3) is 53.4 Å². The predicted octanol–water partition coefficient (Wildman–Crippen LogP) is 23.5. The molecule has 0 atom stereocenters. The molecule has 0 saturated heterocycles. The van der Waals surface area contributed by atoms with Crippen LogP contribution in [0, 0.1) is 0 Å². The van der Waals surface area contributed by atoms with Gasteiger partial charge in [-0.15, -0.1) is 11.3 Å². The number of anilines is 9. The molecule has 1 saturated carbocycles. The fraction of sp³-hybridized carbons (Fsp3) is 0.295. The van der Waals surface area contributed by atoms with Crippen molar-refractivity contribution in [2.45, 2.75) is 167 Å². The fourth-order valence-corrected chi connectivity index (χ4v) is 18.8. The first-order chi connectivity index (χ1) is 45.0. The molecule has 6 heteroatoms. The molecule has 5 aliphatic rings. The summed E-state index contributed by atoms with van der Waals surface area (Å²) in [5.41, 5.74) is 29.4. The molecular weight excluding hydrogens is 1160 g/mol. The van der Waals surface area contributed by atoms with Crippen LogP contribution in [-0.2, 0) is 32.5 Å². The lowest BCUT2D eigenvalue weighted by Crippen LogP contribution is -2.61. The number of fused-ring (bicyclic) bond motifs is 15. The molecule has 17 rings (SSSR count). The maximum Gasteiger partial charge on any atom is 0.297 e. The highest BCUT2D eigenvalue weighted by Gasteiger charge is 2.50. The van der Waals surface area contributed by atoms with E-state index in [-0.39, 0.29) is 39.2 Å². The summed E-state index contributed by atoms with van der Waals surface area (Å²) in [6, 6.07) is 78.1. The summed E-state index contributed by atoms with van der Waals surface area (Å²) in [5, 5.41) is 3.85. The number of rotatable bonds is 6. The van der Waals surface area contributed by atoms with E-state index in [9.17, 15) is 0 Å². The predicted molar refractivity (Wildman–Crippen MR) is 404 cm³/mol. The molecule has 0 unspecified atom stereocenters. The van der Waals surface area contributed by atoms with Crippen LogP contribution in [-0.4, -0.2) is 6.71 Å². The molecule has 1 spiro atoms. The smallest absolute Gasteiger partial charge is 0.297 e. The lowest BCUT2D eigenvalue weighted by Gasteiger charge is -2.44. The van der Waals surface area contributed by atoms with E-state index < -0.39 is 0 Å². The normalized spacial score (nSPS) is 16.7. The highest BCUT2D eigenvalue weighted by atomic mass is 32.1. The van der Waals surface area contributed by atoms with E-state index in [1.807, 2.05) is 11.3 Å². The van der Waals surface area contributed by atoms with Gasteiger partial charge in [-0.1, -0.05) is 231 Å². The third kappa shape index (κ3) is 8.90. The molecule has 2 aromatic heterocycles. The van der Waals surface area contributed by atoms with Crippen LogP contribution in [0.4, 0.5) is 51.2 Å². The summed E-state index contributed by atoms with van der Waals surface area (Å²) >= 11 is 1.94. The second kappa shape index (κ2) is 20.7. The molecule has 1 fully saturated rings. The van der Waals surface area contributed by atoms with Crippen LogP contribution >= 0.6 is 11.3 Å². The summed E-state index contributed by atoms with van der Waals surface area (Å²) in [5.74, 6) is 0.